The Bertz CT molecular complexity index is 2380. The highest BCUT2D eigenvalue weighted by molar-refractivity contribution is 7.90. The summed E-state index contributed by atoms with van der Waals surface area (Å²) in [7, 11) is -3.93. The molecule has 7 rings (SSSR count). The van der Waals surface area contributed by atoms with Crippen molar-refractivity contribution in [2.75, 3.05) is 19.5 Å². The summed E-state index contributed by atoms with van der Waals surface area (Å²) >= 11 is 6.61. The Morgan fingerprint density at radius 3 is 2.07 bits per heavy atom. The topological polar surface area (TPSA) is 173 Å². The average molecular weight is 773 g/mol. The molecule has 0 saturated carbocycles. The van der Waals surface area contributed by atoms with Crippen LogP contribution in [0.2, 0.25) is 5.15 Å². The van der Waals surface area contributed by atoms with Gasteiger partial charge in [0.1, 0.15) is 35.8 Å². The summed E-state index contributed by atoms with van der Waals surface area (Å²) in [6, 6.07) is 20.0. The molecule has 0 aliphatic carbocycles. The van der Waals surface area contributed by atoms with Crippen molar-refractivity contribution in [1.82, 2.24) is 19.6 Å². The minimum atomic E-state index is -3.93. The predicted octanol–water partition coefficient (Wildman–Crippen LogP) is 5.25. The van der Waals surface area contributed by atoms with Gasteiger partial charge in [-0.15, -0.1) is 5.06 Å². The van der Waals surface area contributed by atoms with E-state index in [1.165, 1.54) is 12.1 Å². The van der Waals surface area contributed by atoms with Crippen LogP contribution in [0.3, 0.4) is 0 Å². The van der Waals surface area contributed by atoms with Crippen molar-refractivity contribution in [2.45, 2.75) is 50.3 Å². The van der Waals surface area contributed by atoms with E-state index in [9.17, 15) is 27.6 Å². The number of carbonyl (C=O) groups is 4. The zero-order valence-corrected chi connectivity index (χ0v) is 30.8. The van der Waals surface area contributed by atoms with E-state index >= 15 is 0 Å². The largest absolute Gasteiger partial charge is 0.459 e. The van der Waals surface area contributed by atoms with Gasteiger partial charge in [0.2, 0.25) is 15.0 Å². The molecular weight excluding hydrogens is 740 g/mol. The molecule has 1 fully saturated rings. The summed E-state index contributed by atoms with van der Waals surface area (Å²) in [5, 5.41) is 0.274. The SMILES string of the molecule is Cc1ccc(C(=O)OC[C@H]2OC(n3cc(CCON4C(=O)c5ccccc5C4=O)c4c(Cl)nc(S(C)(=O)=O)nc43)C[C@@H]2OC(=O)c2ccc(C)cc2)cc1. The lowest BCUT2D eigenvalue weighted by Gasteiger charge is -2.19. The molecule has 2 amide bonds. The molecule has 278 valence electrons. The summed E-state index contributed by atoms with van der Waals surface area (Å²) in [6.45, 7) is 3.35. The number of aromatic nitrogens is 3. The van der Waals surface area contributed by atoms with Crippen LogP contribution in [0.5, 0.6) is 0 Å². The van der Waals surface area contributed by atoms with Crippen molar-refractivity contribution >= 4 is 56.2 Å². The normalized spacial score (nSPS) is 18.3. The van der Waals surface area contributed by atoms with Crippen molar-refractivity contribution in [3.63, 3.8) is 0 Å². The molecule has 5 aromatic rings. The van der Waals surface area contributed by atoms with Gasteiger partial charge in [0.05, 0.1) is 34.2 Å². The Kier molecular flexibility index (Phi) is 10.1. The minimum absolute atomic E-state index is 0.0505. The number of carbonyl (C=O) groups excluding carboxylic acids is 4. The molecule has 3 aromatic carbocycles. The first kappa shape index (κ1) is 36.9. The standard InChI is InChI=1S/C38H33ClN4O10S/c1-21-8-12-23(13-9-21)36(46)50-20-29-28(53-37(47)24-14-10-22(2)11-15-24)18-30(52-29)42-19-25(31-32(39)40-38(41-33(31)42)54(3,48)49)16-17-51-43-34(44)26-6-4-5-7-27(26)35(43)45/h4-15,19,28-30H,16-18,20H2,1-3H3/t28-,29+,30?/m0/s1. The lowest BCUT2D eigenvalue weighted by atomic mass is 10.1. The number of benzene rings is 3. The zero-order chi connectivity index (χ0) is 38.3. The van der Waals surface area contributed by atoms with E-state index in [1.54, 1.807) is 71.4 Å². The van der Waals surface area contributed by atoms with Gasteiger partial charge < -0.3 is 18.8 Å². The van der Waals surface area contributed by atoms with Crippen molar-refractivity contribution in [3.8, 4) is 0 Å². The number of aryl methyl sites for hydroxylation is 2. The van der Waals surface area contributed by atoms with Gasteiger partial charge in [0.15, 0.2) is 0 Å². The summed E-state index contributed by atoms with van der Waals surface area (Å²) in [5.74, 6) is -2.42. The van der Waals surface area contributed by atoms with E-state index in [0.29, 0.717) is 21.8 Å². The van der Waals surface area contributed by atoms with Crippen LogP contribution in [0.25, 0.3) is 11.0 Å². The third-order valence-corrected chi connectivity index (χ3v) is 10.2. The highest BCUT2D eigenvalue weighted by Gasteiger charge is 2.41. The number of rotatable bonds is 11. The number of ether oxygens (including phenoxy) is 3. The smallest absolute Gasteiger partial charge is 0.338 e. The Morgan fingerprint density at radius 2 is 1.48 bits per heavy atom. The molecule has 2 aliphatic rings. The molecule has 3 atom stereocenters. The van der Waals surface area contributed by atoms with Crippen LogP contribution >= 0.6 is 11.6 Å². The van der Waals surface area contributed by atoms with Gasteiger partial charge in [-0.2, -0.15) is 4.98 Å². The van der Waals surface area contributed by atoms with Crippen LogP contribution in [0.15, 0.2) is 84.1 Å². The maximum Gasteiger partial charge on any atom is 0.338 e. The third-order valence-electron chi connectivity index (χ3n) is 9.07. The molecule has 1 unspecified atom stereocenters. The second-order valence-electron chi connectivity index (χ2n) is 13.0. The Morgan fingerprint density at radius 1 is 0.889 bits per heavy atom. The number of hydrogen-bond donors (Lipinski definition) is 0. The van der Waals surface area contributed by atoms with Crippen LogP contribution < -0.4 is 0 Å². The maximum absolute atomic E-state index is 13.3. The molecule has 16 heteroatoms. The highest BCUT2D eigenvalue weighted by Crippen LogP contribution is 2.37. The number of fused-ring (bicyclic) bond motifs is 2. The summed E-state index contributed by atoms with van der Waals surface area (Å²) < 4.78 is 44.7. The van der Waals surface area contributed by atoms with Crippen molar-refractivity contribution in [2.24, 2.45) is 0 Å². The number of nitrogens with zero attached hydrogens (tertiary/aromatic N) is 4. The molecule has 0 spiro atoms. The van der Waals surface area contributed by atoms with Gasteiger partial charge in [-0.25, -0.2) is 23.0 Å². The lowest BCUT2D eigenvalue weighted by molar-refractivity contribution is -0.0901. The predicted molar refractivity (Wildman–Crippen MR) is 193 cm³/mol. The van der Waals surface area contributed by atoms with Gasteiger partial charge in [-0.3, -0.25) is 14.4 Å². The molecule has 0 radical (unpaired) electrons. The number of halogens is 1. The van der Waals surface area contributed by atoms with Gasteiger partial charge >= 0.3 is 11.9 Å². The van der Waals surface area contributed by atoms with Crippen LogP contribution in [-0.4, -0.2) is 83.4 Å². The van der Waals surface area contributed by atoms with Gasteiger partial charge in [0.25, 0.3) is 11.8 Å². The van der Waals surface area contributed by atoms with Gasteiger partial charge in [0, 0.05) is 25.3 Å². The molecule has 4 heterocycles. The number of sulfone groups is 1. The van der Waals surface area contributed by atoms with E-state index in [2.05, 4.69) is 9.97 Å². The first-order valence-corrected chi connectivity index (χ1v) is 19.1. The Hall–Kier alpha value is -5.48. The average Bonchev–Trinajstić information content (AvgIpc) is 3.79. The molecule has 2 aliphatic heterocycles. The fourth-order valence-electron chi connectivity index (χ4n) is 6.24. The number of hydroxylamine groups is 2. The highest BCUT2D eigenvalue weighted by atomic mass is 35.5. The van der Waals surface area contributed by atoms with E-state index in [4.69, 9.17) is 30.6 Å². The summed E-state index contributed by atoms with van der Waals surface area (Å²) in [4.78, 5) is 66.0. The fraction of sp³-hybridized carbons (Fsp3) is 0.263. The number of imide groups is 1. The summed E-state index contributed by atoms with van der Waals surface area (Å²) in [5.41, 5.74) is 3.58. The quantitative estimate of drug-likeness (QED) is 0.0740. The molecular formula is C38H33ClN4O10S. The van der Waals surface area contributed by atoms with E-state index in [0.717, 1.165) is 17.4 Å². The van der Waals surface area contributed by atoms with Crippen LogP contribution in [0, 0.1) is 13.8 Å². The van der Waals surface area contributed by atoms with Crippen LogP contribution in [-0.2, 0) is 35.3 Å². The van der Waals surface area contributed by atoms with E-state index < -0.39 is 57.2 Å². The second kappa shape index (κ2) is 14.7. The Labute approximate surface area is 314 Å². The molecule has 0 bridgehead atoms. The number of amides is 2. The van der Waals surface area contributed by atoms with Gasteiger partial charge in [-0.05, 0) is 55.8 Å². The van der Waals surface area contributed by atoms with Crippen LogP contribution in [0.4, 0.5) is 0 Å². The van der Waals surface area contributed by atoms with Crippen molar-refractivity contribution in [3.05, 3.63) is 123 Å². The van der Waals surface area contributed by atoms with Crippen LogP contribution in [0.1, 0.15) is 70.8 Å². The number of hydrogen-bond acceptors (Lipinski definition) is 12. The summed E-state index contributed by atoms with van der Waals surface area (Å²) in [6.07, 6.45) is -0.0884. The van der Waals surface area contributed by atoms with Gasteiger partial charge in [-0.1, -0.05) is 59.1 Å². The van der Waals surface area contributed by atoms with E-state index in [1.807, 2.05) is 13.8 Å². The fourth-order valence-corrected chi connectivity index (χ4v) is 7.08. The molecule has 14 nitrogen and oxygen atoms in total. The van der Waals surface area contributed by atoms with E-state index in [-0.39, 0.29) is 53.4 Å². The first-order valence-electron chi connectivity index (χ1n) is 16.8. The second-order valence-corrected chi connectivity index (χ2v) is 15.3. The monoisotopic (exact) mass is 772 g/mol. The molecule has 0 N–H and O–H groups in total. The number of esters is 2. The molecule has 2 aromatic heterocycles. The Balaban J connectivity index is 1.18. The lowest BCUT2D eigenvalue weighted by Crippen LogP contribution is -2.32. The zero-order valence-electron chi connectivity index (χ0n) is 29.2. The van der Waals surface area contributed by atoms with Crippen molar-refractivity contribution < 1.29 is 46.6 Å². The third kappa shape index (κ3) is 7.35. The molecule has 54 heavy (non-hydrogen) atoms. The molecule has 1 saturated heterocycles. The van der Waals surface area contributed by atoms with Crippen molar-refractivity contribution in [1.29, 1.82) is 0 Å². The first-order chi connectivity index (χ1) is 25.8. The minimum Gasteiger partial charge on any atom is -0.459 e. The maximum atomic E-state index is 13.3.